The Morgan fingerprint density at radius 1 is 0.833 bits per heavy atom. The third-order valence-electron chi connectivity index (χ3n) is 9.24. The average Bonchev–Trinajstić information content (AvgIpc) is 3.63. The monoisotopic (exact) mass is 765 g/mol. The number of aromatic nitrogens is 2. The summed E-state index contributed by atoms with van der Waals surface area (Å²) in [6.45, 7) is 2.41. The maximum absolute atomic E-state index is 12.6. The molecule has 54 heavy (non-hydrogen) atoms. The van der Waals surface area contributed by atoms with E-state index < -0.39 is 6.29 Å². The van der Waals surface area contributed by atoms with Gasteiger partial charge in [-0.3, -0.25) is 9.59 Å². The van der Waals surface area contributed by atoms with Gasteiger partial charge in [-0.2, -0.15) is 0 Å². The van der Waals surface area contributed by atoms with Crippen LogP contribution in [0.3, 0.4) is 0 Å². The first-order valence-electron chi connectivity index (χ1n) is 18.4. The number of aliphatic hydroxyl groups is 1. The number of anilines is 2. The van der Waals surface area contributed by atoms with Crippen molar-refractivity contribution in [1.82, 2.24) is 15.5 Å². The fraction of sp³-hybridized carbons (Fsp3) is 0.333. The van der Waals surface area contributed by atoms with Crippen LogP contribution in [0.5, 0.6) is 0 Å². The minimum Gasteiger partial charge on any atom is -0.397 e. The van der Waals surface area contributed by atoms with Gasteiger partial charge >= 0.3 is 0 Å². The lowest BCUT2D eigenvalue weighted by molar-refractivity contribution is -0.245. The van der Waals surface area contributed by atoms with Crippen LogP contribution in [0.25, 0.3) is 11.1 Å². The molecule has 0 spiro atoms. The number of thioether (sulfide) groups is 1. The van der Waals surface area contributed by atoms with E-state index in [0.717, 1.165) is 74.2 Å². The topological polar surface area (TPSA) is 149 Å². The summed E-state index contributed by atoms with van der Waals surface area (Å²) >= 11 is 3.23. The van der Waals surface area contributed by atoms with Gasteiger partial charge in [0, 0.05) is 37.1 Å². The number of ether oxygens (including phenoxy) is 2. The van der Waals surface area contributed by atoms with Crippen LogP contribution in [0.2, 0.25) is 0 Å². The zero-order chi connectivity index (χ0) is 37.7. The standard InChI is InChI=1S/C42H47N5O5S2/c1-28-46-47-42(54-28)53-27-35-24-38(32-17-15-29(26-48)16-18-32)52-41(51-35)33-21-19-31(20-22-33)34-10-8-9-30(23-34)25-44-39(49)13-4-2-3-5-14-40(50)45-37-12-7-6-11-36(37)43/h6-12,15-23,35,38,41,48H,2-5,13-14,24-27,43H2,1H3,(H,44,49)(H,45,50)/t35-,38+,41+/m0/s1. The molecule has 0 saturated carbocycles. The summed E-state index contributed by atoms with van der Waals surface area (Å²) in [5, 5.41) is 24.8. The van der Waals surface area contributed by atoms with Crippen molar-refractivity contribution in [2.24, 2.45) is 0 Å². The molecule has 2 amide bonds. The maximum atomic E-state index is 12.6. The van der Waals surface area contributed by atoms with Crippen LogP contribution in [-0.2, 0) is 32.2 Å². The quantitative estimate of drug-likeness (QED) is 0.0415. The second kappa shape index (κ2) is 19.7. The summed E-state index contributed by atoms with van der Waals surface area (Å²) < 4.78 is 14.0. The summed E-state index contributed by atoms with van der Waals surface area (Å²) in [5.74, 6) is 0.701. The molecule has 1 aliphatic rings. The second-order valence-electron chi connectivity index (χ2n) is 13.4. The number of para-hydroxylation sites is 2. The Kier molecular flexibility index (Phi) is 14.2. The third kappa shape index (κ3) is 11.5. The van der Waals surface area contributed by atoms with E-state index in [1.807, 2.05) is 55.5 Å². The van der Waals surface area contributed by atoms with E-state index in [0.29, 0.717) is 37.2 Å². The van der Waals surface area contributed by atoms with Gasteiger partial charge in [-0.15, -0.1) is 10.2 Å². The Hall–Kier alpha value is -4.59. The lowest BCUT2D eigenvalue weighted by Gasteiger charge is -2.36. The number of nitrogens with zero attached hydrogens (tertiary/aromatic N) is 2. The van der Waals surface area contributed by atoms with Crippen LogP contribution >= 0.6 is 23.1 Å². The van der Waals surface area contributed by atoms with E-state index in [1.165, 1.54) is 0 Å². The summed E-state index contributed by atoms with van der Waals surface area (Å²) in [7, 11) is 0. The number of carbonyl (C=O) groups is 2. The van der Waals surface area contributed by atoms with Crippen molar-refractivity contribution in [1.29, 1.82) is 0 Å². The summed E-state index contributed by atoms with van der Waals surface area (Å²) in [4.78, 5) is 24.8. The number of aliphatic hydroxyl groups excluding tert-OH is 1. The molecule has 5 aromatic rings. The largest absolute Gasteiger partial charge is 0.397 e. The smallest absolute Gasteiger partial charge is 0.224 e. The van der Waals surface area contributed by atoms with Crippen LogP contribution < -0.4 is 16.4 Å². The molecule has 0 radical (unpaired) electrons. The molecule has 0 bridgehead atoms. The van der Waals surface area contributed by atoms with Gasteiger partial charge in [0.15, 0.2) is 10.6 Å². The van der Waals surface area contributed by atoms with Crippen molar-refractivity contribution in [3.63, 3.8) is 0 Å². The molecule has 5 N–H and O–H groups in total. The number of unbranched alkanes of at least 4 members (excludes halogenated alkanes) is 3. The predicted molar refractivity (Wildman–Crippen MR) is 215 cm³/mol. The Bertz CT molecular complexity index is 1970. The first kappa shape index (κ1) is 39.1. The second-order valence-corrected chi connectivity index (χ2v) is 15.8. The van der Waals surface area contributed by atoms with Crippen LogP contribution in [-0.4, -0.2) is 39.0 Å². The van der Waals surface area contributed by atoms with Crippen LogP contribution in [0.1, 0.15) is 84.6 Å². The summed E-state index contributed by atoms with van der Waals surface area (Å²) in [5.41, 5.74) is 13.1. The van der Waals surface area contributed by atoms with Crippen LogP contribution in [0.15, 0.2) is 101 Å². The Balaban J connectivity index is 0.974. The molecule has 2 heterocycles. The summed E-state index contributed by atoms with van der Waals surface area (Å²) in [6.07, 6.45) is 4.13. The number of hydrogen-bond acceptors (Lipinski definition) is 10. The minimum atomic E-state index is -0.544. The van der Waals surface area contributed by atoms with E-state index in [9.17, 15) is 14.7 Å². The number of amides is 2. The number of nitrogens with two attached hydrogens (primary N) is 1. The highest BCUT2D eigenvalue weighted by Crippen LogP contribution is 2.40. The van der Waals surface area contributed by atoms with Gasteiger partial charge < -0.3 is 30.9 Å². The Morgan fingerprint density at radius 2 is 1.57 bits per heavy atom. The molecule has 6 rings (SSSR count). The number of benzene rings is 4. The maximum Gasteiger partial charge on any atom is 0.224 e. The fourth-order valence-corrected chi connectivity index (χ4v) is 8.11. The first-order chi connectivity index (χ1) is 26.3. The fourth-order valence-electron chi connectivity index (χ4n) is 6.25. The number of aryl methyl sites for hydroxylation is 1. The van der Waals surface area contributed by atoms with Gasteiger partial charge in [0.05, 0.1) is 30.2 Å². The van der Waals surface area contributed by atoms with Gasteiger partial charge in [-0.05, 0) is 65.8 Å². The molecular weight excluding hydrogens is 719 g/mol. The molecule has 4 aromatic carbocycles. The Labute approximate surface area is 324 Å². The third-order valence-corrected chi connectivity index (χ3v) is 11.3. The number of rotatable bonds is 17. The molecule has 0 aliphatic carbocycles. The minimum absolute atomic E-state index is 0.000158. The highest BCUT2D eigenvalue weighted by molar-refractivity contribution is 8.01. The van der Waals surface area contributed by atoms with Crippen molar-refractivity contribution in [2.45, 2.75) is 87.9 Å². The van der Waals surface area contributed by atoms with Crippen molar-refractivity contribution >= 4 is 46.3 Å². The van der Waals surface area contributed by atoms with Crippen molar-refractivity contribution in [2.75, 3.05) is 16.8 Å². The number of carbonyl (C=O) groups excluding carboxylic acids is 2. The van der Waals surface area contributed by atoms with Crippen molar-refractivity contribution < 1.29 is 24.2 Å². The molecule has 1 aliphatic heterocycles. The van der Waals surface area contributed by atoms with Gasteiger partial charge in [-0.25, -0.2) is 0 Å². The van der Waals surface area contributed by atoms with E-state index in [1.54, 1.807) is 35.2 Å². The zero-order valence-electron chi connectivity index (χ0n) is 30.4. The SMILES string of the molecule is Cc1nnc(SC[C@@H]2C[C@H](c3ccc(CO)cc3)O[C@H](c3ccc(-c4cccc(CNC(=O)CCCCCCC(=O)Nc5ccccc5N)c4)cc3)O2)s1. The molecule has 1 fully saturated rings. The van der Waals surface area contributed by atoms with E-state index in [4.69, 9.17) is 15.2 Å². The number of nitrogen functional groups attached to an aromatic ring is 1. The molecule has 1 aromatic heterocycles. The number of hydrogen-bond donors (Lipinski definition) is 4. The van der Waals surface area contributed by atoms with Crippen molar-refractivity contribution in [3.8, 4) is 11.1 Å². The van der Waals surface area contributed by atoms with E-state index >= 15 is 0 Å². The zero-order valence-corrected chi connectivity index (χ0v) is 32.0. The normalized spacial score (nSPS) is 16.9. The Morgan fingerprint density at radius 3 is 2.30 bits per heavy atom. The van der Waals surface area contributed by atoms with E-state index in [2.05, 4.69) is 57.2 Å². The molecule has 282 valence electrons. The van der Waals surface area contributed by atoms with E-state index in [-0.39, 0.29) is 30.6 Å². The molecular formula is C42H47N5O5S2. The van der Waals surface area contributed by atoms with Gasteiger partial charge in [0.1, 0.15) is 5.01 Å². The first-order valence-corrected chi connectivity index (χ1v) is 20.2. The highest BCUT2D eigenvalue weighted by Gasteiger charge is 2.32. The number of nitrogens with one attached hydrogen (secondary N) is 2. The van der Waals surface area contributed by atoms with Crippen LogP contribution in [0, 0.1) is 6.92 Å². The summed E-state index contributed by atoms with van der Waals surface area (Å²) in [6, 6.07) is 31.6. The van der Waals surface area contributed by atoms with Gasteiger partial charge in [0.25, 0.3) is 0 Å². The van der Waals surface area contributed by atoms with Crippen LogP contribution in [0.4, 0.5) is 11.4 Å². The average molecular weight is 766 g/mol. The molecule has 12 heteroatoms. The molecule has 0 unspecified atom stereocenters. The lowest BCUT2D eigenvalue weighted by atomic mass is 9.99. The van der Waals surface area contributed by atoms with Gasteiger partial charge in [-0.1, -0.05) is 115 Å². The molecule has 10 nitrogen and oxygen atoms in total. The molecule has 1 saturated heterocycles. The highest BCUT2D eigenvalue weighted by atomic mass is 32.2. The van der Waals surface area contributed by atoms with Gasteiger partial charge in [0.2, 0.25) is 11.8 Å². The van der Waals surface area contributed by atoms with Crippen molar-refractivity contribution in [3.05, 3.63) is 124 Å². The molecule has 3 atom stereocenters. The lowest BCUT2D eigenvalue weighted by Crippen LogP contribution is -2.31. The predicted octanol–water partition coefficient (Wildman–Crippen LogP) is 8.52.